The maximum absolute atomic E-state index is 10.2. The molecule has 0 fully saturated rings. The minimum Gasteiger partial charge on any atom is -0.387 e. The van der Waals surface area contributed by atoms with Crippen molar-refractivity contribution in [2.24, 2.45) is 0 Å². The third-order valence-corrected chi connectivity index (χ3v) is 3.67. The molecule has 2 aromatic carbocycles. The van der Waals surface area contributed by atoms with Crippen LogP contribution in [0.3, 0.4) is 0 Å². The second-order valence-corrected chi connectivity index (χ2v) is 5.56. The molecule has 0 aliphatic carbocycles. The monoisotopic (exact) mass is 284 g/mol. The van der Waals surface area contributed by atoms with Crippen LogP contribution in [0.5, 0.6) is 0 Å². The molecule has 112 valence electrons. The largest absolute Gasteiger partial charge is 0.387 e. The van der Waals surface area contributed by atoms with Crippen LogP contribution < -0.4 is 10.2 Å². The molecule has 0 amide bonds. The van der Waals surface area contributed by atoms with E-state index in [1.54, 1.807) is 0 Å². The molecule has 3 nitrogen and oxygen atoms in total. The number of hydrogen-bond acceptors (Lipinski definition) is 3. The summed E-state index contributed by atoms with van der Waals surface area (Å²) in [6.07, 6.45) is -0.466. The second kappa shape index (κ2) is 7.25. The number of hydrogen-bond donors (Lipinski definition) is 2. The lowest BCUT2D eigenvalue weighted by Crippen LogP contribution is -2.21. The Morgan fingerprint density at radius 3 is 2.33 bits per heavy atom. The summed E-state index contributed by atoms with van der Waals surface area (Å²) < 4.78 is 0. The van der Waals surface area contributed by atoms with Crippen LogP contribution in [0.1, 0.15) is 22.8 Å². The molecule has 0 saturated heterocycles. The fourth-order valence-electron chi connectivity index (χ4n) is 2.34. The number of nitrogens with zero attached hydrogens (tertiary/aromatic N) is 1. The predicted molar refractivity (Wildman–Crippen MR) is 88.6 cm³/mol. The summed E-state index contributed by atoms with van der Waals surface area (Å²) in [5, 5.41) is 13.5. The van der Waals surface area contributed by atoms with E-state index in [-0.39, 0.29) is 0 Å². The molecule has 0 aliphatic rings. The minimum atomic E-state index is -0.466. The summed E-state index contributed by atoms with van der Waals surface area (Å²) in [6.45, 7) is 3.34. The number of nitrogens with one attached hydrogen (secondary N) is 1. The molecule has 0 saturated carbocycles. The quantitative estimate of drug-likeness (QED) is 0.856. The van der Waals surface area contributed by atoms with E-state index in [4.69, 9.17) is 0 Å². The first kappa shape index (κ1) is 15.5. The molecular weight excluding hydrogens is 260 g/mol. The zero-order valence-electron chi connectivity index (χ0n) is 13.0. The standard InChI is InChI=1S/C18H24N2O/c1-14-6-4-5-7-17(14)18(21)13-19-12-15-8-10-16(11-9-15)20(2)3/h4-11,18-19,21H,12-13H2,1-3H3. The summed E-state index contributed by atoms with van der Waals surface area (Å²) in [5.74, 6) is 0. The SMILES string of the molecule is Cc1ccccc1C(O)CNCc1ccc(N(C)C)cc1. The van der Waals surface area contributed by atoms with Gasteiger partial charge in [0.2, 0.25) is 0 Å². The first-order valence-corrected chi connectivity index (χ1v) is 7.28. The lowest BCUT2D eigenvalue weighted by molar-refractivity contribution is 0.173. The van der Waals surface area contributed by atoms with Crippen LogP contribution in [0.2, 0.25) is 0 Å². The third kappa shape index (κ3) is 4.31. The van der Waals surface area contributed by atoms with Crippen molar-refractivity contribution in [3.63, 3.8) is 0 Å². The molecule has 0 bridgehead atoms. The number of aliphatic hydroxyl groups excluding tert-OH is 1. The van der Waals surface area contributed by atoms with Gasteiger partial charge in [-0.2, -0.15) is 0 Å². The molecule has 0 aromatic heterocycles. The Hall–Kier alpha value is -1.84. The summed E-state index contributed by atoms with van der Waals surface area (Å²) in [6, 6.07) is 16.4. The van der Waals surface area contributed by atoms with Crippen LogP contribution in [0.25, 0.3) is 0 Å². The van der Waals surface area contributed by atoms with Gasteiger partial charge in [0.05, 0.1) is 6.10 Å². The Labute approximate surface area is 127 Å². The lowest BCUT2D eigenvalue weighted by atomic mass is 10.0. The Balaban J connectivity index is 1.85. The Kier molecular flexibility index (Phi) is 5.37. The Morgan fingerprint density at radius 1 is 1.05 bits per heavy atom. The number of rotatable bonds is 6. The van der Waals surface area contributed by atoms with E-state index in [1.165, 1.54) is 11.3 Å². The molecule has 0 heterocycles. The van der Waals surface area contributed by atoms with E-state index in [0.717, 1.165) is 17.7 Å². The van der Waals surface area contributed by atoms with E-state index in [1.807, 2.05) is 45.3 Å². The number of aliphatic hydroxyl groups is 1. The van der Waals surface area contributed by atoms with Crippen molar-refractivity contribution >= 4 is 5.69 Å². The van der Waals surface area contributed by atoms with Crippen molar-refractivity contribution in [2.45, 2.75) is 19.6 Å². The van der Waals surface area contributed by atoms with Gasteiger partial charge < -0.3 is 15.3 Å². The second-order valence-electron chi connectivity index (χ2n) is 5.56. The van der Waals surface area contributed by atoms with Crippen LogP contribution in [0.4, 0.5) is 5.69 Å². The van der Waals surface area contributed by atoms with Gasteiger partial charge in [-0.3, -0.25) is 0 Å². The maximum Gasteiger partial charge on any atom is 0.0917 e. The molecule has 0 spiro atoms. The topological polar surface area (TPSA) is 35.5 Å². The van der Waals surface area contributed by atoms with Gasteiger partial charge in [0.15, 0.2) is 0 Å². The fourth-order valence-corrected chi connectivity index (χ4v) is 2.34. The van der Waals surface area contributed by atoms with Crippen molar-refractivity contribution in [3.05, 3.63) is 65.2 Å². The van der Waals surface area contributed by atoms with E-state index in [2.05, 4.69) is 34.5 Å². The third-order valence-electron chi connectivity index (χ3n) is 3.67. The van der Waals surface area contributed by atoms with E-state index >= 15 is 0 Å². The van der Waals surface area contributed by atoms with Crippen LogP contribution in [0, 0.1) is 6.92 Å². The molecule has 2 rings (SSSR count). The molecule has 1 atom stereocenters. The predicted octanol–water partition coefficient (Wildman–Crippen LogP) is 2.88. The van der Waals surface area contributed by atoms with Gasteiger partial charge in [-0.1, -0.05) is 36.4 Å². The molecule has 1 unspecified atom stereocenters. The van der Waals surface area contributed by atoms with Crippen LogP contribution in [0.15, 0.2) is 48.5 Å². The highest BCUT2D eigenvalue weighted by Gasteiger charge is 2.09. The van der Waals surface area contributed by atoms with Gasteiger partial charge in [0.25, 0.3) is 0 Å². The van der Waals surface area contributed by atoms with Crippen LogP contribution in [-0.4, -0.2) is 25.7 Å². The summed E-state index contributed by atoms with van der Waals surface area (Å²) >= 11 is 0. The molecule has 21 heavy (non-hydrogen) atoms. The van der Waals surface area contributed by atoms with E-state index in [9.17, 15) is 5.11 Å². The van der Waals surface area contributed by atoms with Gasteiger partial charge >= 0.3 is 0 Å². The number of aryl methyl sites for hydroxylation is 1. The fraction of sp³-hybridized carbons (Fsp3) is 0.333. The van der Waals surface area contributed by atoms with Gasteiger partial charge in [-0.05, 0) is 35.7 Å². The normalized spacial score (nSPS) is 12.2. The first-order chi connectivity index (χ1) is 10.1. The molecule has 0 aliphatic heterocycles. The highest BCUT2D eigenvalue weighted by atomic mass is 16.3. The van der Waals surface area contributed by atoms with Gasteiger partial charge in [0.1, 0.15) is 0 Å². The number of benzene rings is 2. The van der Waals surface area contributed by atoms with E-state index in [0.29, 0.717) is 6.54 Å². The smallest absolute Gasteiger partial charge is 0.0917 e. The van der Waals surface area contributed by atoms with Crippen molar-refractivity contribution in [3.8, 4) is 0 Å². The molecule has 2 aromatic rings. The van der Waals surface area contributed by atoms with Crippen molar-refractivity contribution < 1.29 is 5.11 Å². The Morgan fingerprint density at radius 2 is 1.71 bits per heavy atom. The van der Waals surface area contributed by atoms with Gasteiger partial charge in [-0.25, -0.2) is 0 Å². The summed E-state index contributed by atoms with van der Waals surface area (Å²) in [7, 11) is 4.07. The van der Waals surface area contributed by atoms with Crippen molar-refractivity contribution in [1.82, 2.24) is 5.32 Å². The average molecular weight is 284 g/mol. The molecular formula is C18H24N2O. The van der Waals surface area contributed by atoms with Crippen LogP contribution in [-0.2, 0) is 6.54 Å². The Bertz CT molecular complexity index is 564. The average Bonchev–Trinajstić information content (AvgIpc) is 2.48. The molecule has 0 radical (unpaired) electrons. The minimum absolute atomic E-state index is 0.466. The maximum atomic E-state index is 10.2. The molecule has 2 N–H and O–H groups in total. The lowest BCUT2D eigenvalue weighted by Gasteiger charge is -2.15. The van der Waals surface area contributed by atoms with Crippen LogP contribution >= 0.6 is 0 Å². The first-order valence-electron chi connectivity index (χ1n) is 7.28. The van der Waals surface area contributed by atoms with Gasteiger partial charge in [0, 0.05) is 32.9 Å². The van der Waals surface area contributed by atoms with Gasteiger partial charge in [-0.15, -0.1) is 0 Å². The highest BCUT2D eigenvalue weighted by Crippen LogP contribution is 2.16. The zero-order valence-corrected chi connectivity index (χ0v) is 13.0. The number of anilines is 1. The van der Waals surface area contributed by atoms with Crippen molar-refractivity contribution in [1.29, 1.82) is 0 Å². The molecule has 3 heteroatoms. The van der Waals surface area contributed by atoms with E-state index < -0.39 is 6.10 Å². The zero-order chi connectivity index (χ0) is 15.2. The van der Waals surface area contributed by atoms with Crippen molar-refractivity contribution in [2.75, 3.05) is 25.5 Å². The highest BCUT2D eigenvalue weighted by molar-refractivity contribution is 5.45. The summed E-state index contributed by atoms with van der Waals surface area (Å²) in [5.41, 5.74) is 4.53. The summed E-state index contributed by atoms with van der Waals surface area (Å²) in [4.78, 5) is 2.08.